The van der Waals surface area contributed by atoms with Gasteiger partial charge in [0, 0.05) is 0 Å². The Balaban J connectivity index is 1.96. The van der Waals surface area contributed by atoms with Gasteiger partial charge in [0.25, 0.3) is 5.91 Å². The van der Waals surface area contributed by atoms with Gasteiger partial charge in [0.1, 0.15) is 5.70 Å². The highest BCUT2D eigenvalue weighted by Crippen LogP contribution is 2.38. The standard InChI is InChI=1S/C15H11F3N2O5/c1-24-12(22)10-6-14(25-19-10)7-11(21)20(13(14)23)9-4-2-3-8(5-9)15(16,17)18/h2-6,19H,7H2,1H3/t14-/m1/s1. The van der Waals surface area contributed by atoms with Gasteiger partial charge in [-0.15, -0.1) is 0 Å². The third-order valence-electron chi connectivity index (χ3n) is 3.79. The summed E-state index contributed by atoms with van der Waals surface area (Å²) in [6, 6.07) is 3.82. The Labute approximate surface area is 138 Å². The van der Waals surface area contributed by atoms with Crippen molar-refractivity contribution in [2.45, 2.75) is 18.2 Å². The number of anilines is 1. The number of halogens is 3. The van der Waals surface area contributed by atoms with Crippen molar-refractivity contribution in [3.8, 4) is 0 Å². The second-order valence-electron chi connectivity index (χ2n) is 5.40. The number of methoxy groups -OCH3 is 1. The molecule has 0 radical (unpaired) electrons. The predicted octanol–water partition coefficient (Wildman–Crippen LogP) is 1.30. The lowest BCUT2D eigenvalue weighted by molar-refractivity contribution is -0.142. The molecule has 3 rings (SSSR count). The molecule has 1 aromatic rings. The molecule has 2 aliphatic heterocycles. The van der Waals surface area contributed by atoms with Crippen LogP contribution >= 0.6 is 0 Å². The van der Waals surface area contributed by atoms with Crippen LogP contribution in [0.1, 0.15) is 12.0 Å². The summed E-state index contributed by atoms with van der Waals surface area (Å²) >= 11 is 0. The van der Waals surface area contributed by atoms with E-state index in [9.17, 15) is 27.6 Å². The molecule has 1 aromatic carbocycles. The van der Waals surface area contributed by atoms with Crippen LogP contribution in [0, 0.1) is 0 Å². The number of imide groups is 1. The van der Waals surface area contributed by atoms with Crippen LogP contribution < -0.4 is 10.4 Å². The van der Waals surface area contributed by atoms with Gasteiger partial charge in [-0.25, -0.2) is 9.69 Å². The quantitative estimate of drug-likeness (QED) is 0.635. The maximum atomic E-state index is 12.8. The number of nitrogens with zero attached hydrogens (tertiary/aromatic N) is 1. The monoisotopic (exact) mass is 356 g/mol. The van der Waals surface area contributed by atoms with Crippen molar-refractivity contribution in [1.29, 1.82) is 0 Å². The molecule has 1 N–H and O–H groups in total. The summed E-state index contributed by atoms with van der Waals surface area (Å²) in [5, 5.41) is 0. The highest BCUT2D eigenvalue weighted by atomic mass is 19.4. The fraction of sp³-hybridized carbons (Fsp3) is 0.267. The number of hydroxylamine groups is 1. The number of rotatable bonds is 2. The lowest BCUT2D eigenvalue weighted by atomic mass is 10.0. The number of alkyl halides is 3. The maximum absolute atomic E-state index is 12.8. The number of carbonyl (C=O) groups excluding carboxylic acids is 3. The Hall–Kier alpha value is -2.88. The molecule has 132 valence electrons. The molecule has 10 heteroatoms. The molecule has 2 amide bonds. The third-order valence-corrected chi connectivity index (χ3v) is 3.79. The number of benzene rings is 1. The van der Waals surface area contributed by atoms with Crippen molar-refractivity contribution < 1.29 is 37.1 Å². The van der Waals surface area contributed by atoms with Gasteiger partial charge in [-0.05, 0) is 24.3 Å². The lowest BCUT2D eigenvalue weighted by Gasteiger charge is -2.19. The minimum atomic E-state index is -4.62. The zero-order valence-corrected chi connectivity index (χ0v) is 12.7. The van der Waals surface area contributed by atoms with Crippen molar-refractivity contribution in [3.05, 3.63) is 41.6 Å². The van der Waals surface area contributed by atoms with Crippen molar-refractivity contribution in [1.82, 2.24) is 5.48 Å². The number of nitrogens with one attached hydrogen (secondary N) is 1. The average Bonchev–Trinajstić information content (AvgIpc) is 3.08. The minimum absolute atomic E-state index is 0.172. The molecule has 2 aliphatic rings. The number of ether oxygens (including phenoxy) is 1. The van der Waals surface area contributed by atoms with Crippen molar-refractivity contribution >= 4 is 23.5 Å². The normalized spacial score (nSPS) is 23.0. The third kappa shape index (κ3) is 2.74. The van der Waals surface area contributed by atoms with E-state index in [1.54, 1.807) is 0 Å². The molecule has 1 saturated heterocycles. The molecule has 25 heavy (non-hydrogen) atoms. The average molecular weight is 356 g/mol. The van der Waals surface area contributed by atoms with Crippen LogP contribution in [-0.4, -0.2) is 30.5 Å². The summed E-state index contributed by atoms with van der Waals surface area (Å²) in [7, 11) is 1.12. The zero-order chi connectivity index (χ0) is 18.4. The highest BCUT2D eigenvalue weighted by molar-refractivity contribution is 6.25. The van der Waals surface area contributed by atoms with Crippen LogP contribution in [0.2, 0.25) is 0 Å². The molecule has 7 nitrogen and oxygen atoms in total. The van der Waals surface area contributed by atoms with E-state index >= 15 is 0 Å². The van der Waals surface area contributed by atoms with Crippen LogP contribution in [0.25, 0.3) is 0 Å². The summed E-state index contributed by atoms with van der Waals surface area (Å²) in [5.74, 6) is -2.47. The Kier molecular flexibility index (Phi) is 3.79. The van der Waals surface area contributed by atoms with E-state index in [2.05, 4.69) is 10.2 Å². The molecular weight excluding hydrogens is 345 g/mol. The zero-order valence-electron chi connectivity index (χ0n) is 12.7. The van der Waals surface area contributed by atoms with E-state index < -0.39 is 41.5 Å². The smallest absolute Gasteiger partial charge is 0.416 e. The fourth-order valence-corrected chi connectivity index (χ4v) is 2.61. The molecule has 0 saturated carbocycles. The van der Waals surface area contributed by atoms with Crippen LogP contribution in [0.4, 0.5) is 18.9 Å². The molecule has 0 bridgehead atoms. The Morgan fingerprint density at radius 1 is 1.36 bits per heavy atom. The number of esters is 1. The SMILES string of the molecule is COC(=O)C1=C[C@]2(CC(=O)N(c3cccc(C(F)(F)F)c3)C2=O)ON1. The van der Waals surface area contributed by atoms with Gasteiger partial charge in [-0.1, -0.05) is 6.07 Å². The van der Waals surface area contributed by atoms with Crippen LogP contribution in [0.3, 0.4) is 0 Å². The van der Waals surface area contributed by atoms with E-state index in [1.165, 1.54) is 6.07 Å². The second kappa shape index (κ2) is 5.59. The first-order valence-electron chi connectivity index (χ1n) is 6.98. The van der Waals surface area contributed by atoms with E-state index in [1.807, 2.05) is 0 Å². The number of carbonyl (C=O) groups is 3. The number of amides is 2. The van der Waals surface area contributed by atoms with Gasteiger partial charge in [-0.3, -0.25) is 19.9 Å². The van der Waals surface area contributed by atoms with Gasteiger partial charge in [0.05, 0.1) is 24.8 Å². The van der Waals surface area contributed by atoms with Crippen LogP contribution in [0.5, 0.6) is 0 Å². The maximum Gasteiger partial charge on any atom is 0.416 e. The minimum Gasteiger partial charge on any atom is -0.464 e. The van der Waals surface area contributed by atoms with E-state index in [0.717, 1.165) is 25.3 Å². The summed E-state index contributed by atoms with van der Waals surface area (Å²) in [5.41, 5.74) is -0.992. The molecule has 0 aromatic heterocycles. The van der Waals surface area contributed by atoms with Crippen molar-refractivity contribution in [2.75, 3.05) is 12.0 Å². The highest BCUT2D eigenvalue weighted by Gasteiger charge is 2.56. The Bertz CT molecular complexity index is 805. The van der Waals surface area contributed by atoms with Crippen molar-refractivity contribution in [3.63, 3.8) is 0 Å². The first-order valence-corrected chi connectivity index (χ1v) is 6.98. The summed E-state index contributed by atoms with van der Waals surface area (Å²) in [6.45, 7) is 0. The predicted molar refractivity (Wildman–Crippen MR) is 75.6 cm³/mol. The first-order chi connectivity index (χ1) is 11.7. The van der Waals surface area contributed by atoms with E-state index in [4.69, 9.17) is 4.84 Å². The fourth-order valence-electron chi connectivity index (χ4n) is 2.61. The summed E-state index contributed by atoms with van der Waals surface area (Å²) < 4.78 is 43.0. The van der Waals surface area contributed by atoms with Gasteiger partial charge in [0.15, 0.2) is 0 Å². The van der Waals surface area contributed by atoms with Gasteiger partial charge >= 0.3 is 12.1 Å². The van der Waals surface area contributed by atoms with Gasteiger partial charge < -0.3 is 4.74 Å². The van der Waals surface area contributed by atoms with Crippen LogP contribution in [0.15, 0.2) is 36.0 Å². The van der Waals surface area contributed by atoms with E-state index in [0.29, 0.717) is 11.0 Å². The largest absolute Gasteiger partial charge is 0.464 e. The Morgan fingerprint density at radius 2 is 2.08 bits per heavy atom. The molecular formula is C15H11F3N2O5. The Morgan fingerprint density at radius 3 is 2.72 bits per heavy atom. The van der Waals surface area contributed by atoms with Gasteiger partial charge in [0.2, 0.25) is 11.5 Å². The molecule has 0 aliphatic carbocycles. The van der Waals surface area contributed by atoms with Gasteiger partial charge in [-0.2, -0.15) is 13.2 Å². The lowest BCUT2D eigenvalue weighted by Crippen LogP contribution is -2.40. The molecule has 2 heterocycles. The number of hydrogen-bond acceptors (Lipinski definition) is 6. The number of hydrogen-bond donors (Lipinski definition) is 1. The van der Waals surface area contributed by atoms with Crippen molar-refractivity contribution in [2.24, 2.45) is 0 Å². The molecule has 0 unspecified atom stereocenters. The van der Waals surface area contributed by atoms with E-state index in [-0.39, 0.29) is 11.4 Å². The summed E-state index contributed by atoms with van der Waals surface area (Å²) in [4.78, 5) is 42.0. The summed E-state index contributed by atoms with van der Waals surface area (Å²) in [6.07, 6.45) is -3.99. The molecule has 1 spiro atoms. The topological polar surface area (TPSA) is 84.9 Å². The molecule has 1 fully saturated rings. The first kappa shape index (κ1) is 17.0. The van der Waals surface area contributed by atoms with Crippen LogP contribution in [-0.2, 0) is 30.1 Å². The molecule has 1 atom stereocenters. The second-order valence-corrected chi connectivity index (χ2v) is 5.40.